The summed E-state index contributed by atoms with van der Waals surface area (Å²) in [6.45, 7) is 0. The van der Waals surface area contributed by atoms with Gasteiger partial charge in [0.25, 0.3) is 15.6 Å². The summed E-state index contributed by atoms with van der Waals surface area (Å²) < 4.78 is 49.4. The van der Waals surface area contributed by atoms with Crippen molar-refractivity contribution in [3.8, 4) is 0 Å². The largest absolute Gasteiger partial charge is 0.276 e. The first kappa shape index (κ1) is 14.2. The Morgan fingerprint density at radius 3 is 1.76 bits per heavy atom. The quantitative estimate of drug-likeness (QED) is 0.793. The molecule has 1 saturated heterocycles. The molecule has 0 aliphatic carbocycles. The van der Waals surface area contributed by atoms with Crippen molar-refractivity contribution in [2.75, 3.05) is 0 Å². The SMILES string of the molecule is O=S(=O)(c1ccccc1)C1ON1S(=O)(=O)c1ccccc1. The van der Waals surface area contributed by atoms with Gasteiger partial charge in [-0.2, -0.15) is 0 Å². The van der Waals surface area contributed by atoms with E-state index in [1.54, 1.807) is 36.4 Å². The minimum absolute atomic E-state index is 0.0146. The van der Waals surface area contributed by atoms with Crippen molar-refractivity contribution in [1.82, 2.24) is 4.47 Å². The van der Waals surface area contributed by atoms with E-state index in [2.05, 4.69) is 0 Å². The number of hydrogen-bond donors (Lipinski definition) is 0. The second-order valence-corrected chi connectivity index (χ2v) is 8.09. The summed E-state index contributed by atoms with van der Waals surface area (Å²) in [6.07, 6.45) is 0. The highest BCUT2D eigenvalue weighted by Gasteiger charge is 2.56. The molecule has 2 aromatic rings. The van der Waals surface area contributed by atoms with E-state index < -0.39 is 25.4 Å². The lowest BCUT2D eigenvalue weighted by Crippen LogP contribution is -2.20. The van der Waals surface area contributed by atoms with Gasteiger partial charge in [-0.05, 0) is 28.7 Å². The van der Waals surface area contributed by atoms with Crippen molar-refractivity contribution in [2.45, 2.75) is 15.4 Å². The van der Waals surface area contributed by atoms with Crippen LogP contribution in [0.5, 0.6) is 0 Å². The van der Waals surface area contributed by atoms with E-state index >= 15 is 0 Å². The molecule has 2 atom stereocenters. The zero-order valence-electron chi connectivity index (χ0n) is 10.7. The molecule has 0 saturated carbocycles. The lowest BCUT2D eigenvalue weighted by molar-refractivity contribution is 0.290. The van der Waals surface area contributed by atoms with Gasteiger partial charge in [0.1, 0.15) is 0 Å². The van der Waals surface area contributed by atoms with Crippen LogP contribution in [0, 0.1) is 0 Å². The molecule has 110 valence electrons. The predicted octanol–water partition coefficient (Wildman–Crippen LogP) is 1.38. The Morgan fingerprint density at radius 2 is 1.24 bits per heavy atom. The summed E-state index contributed by atoms with van der Waals surface area (Å²) in [5.74, 6) is 0. The van der Waals surface area contributed by atoms with Crippen LogP contribution in [-0.4, -0.2) is 26.9 Å². The third kappa shape index (κ3) is 2.46. The van der Waals surface area contributed by atoms with Crippen molar-refractivity contribution in [2.24, 2.45) is 0 Å². The van der Waals surface area contributed by atoms with Crippen LogP contribution >= 0.6 is 0 Å². The maximum absolute atomic E-state index is 12.3. The second kappa shape index (κ2) is 4.92. The average molecular weight is 325 g/mol. The Bertz CT molecular complexity index is 774. The number of rotatable bonds is 4. The van der Waals surface area contributed by atoms with E-state index in [-0.39, 0.29) is 9.79 Å². The lowest BCUT2D eigenvalue weighted by Gasteiger charge is -2.02. The standard InChI is InChI=1S/C13H11NO5S2/c15-20(16,11-7-3-1-4-8-11)13-14(19-13)21(17,18)12-9-5-2-6-10-12/h1-10,13H. The molecule has 0 amide bonds. The van der Waals surface area contributed by atoms with E-state index in [1.165, 1.54) is 24.3 Å². The van der Waals surface area contributed by atoms with Crippen LogP contribution in [0.2, 0.25) is 0 Å². The average Bonchev–Trinajstić information content (AvgIpc) is 3.31. The first-order valence-corrected chi connectivity index (χ1v) is 8.98. The molecule has 1 heterocycles. The highest BCUT2D eigenvalue weighted by molar-refractivity contribution is 7.94. The lowest BCUT2D eigenvalue weighted by atomic mass is 10.4. The van der Waals surface area contributed by atoms with Gasteiger partial charge in [0.2, 0.25) is 9.84 Å². The van der Waals surface area contributed by atoms with Crippen molar-refractivity contribution >= 4 is 19.9 Å². The molecule has 1 aliphatic heterocycles. The van der Waals surface area contributed by atoms with E-state index in [0.29, 0.717) is 4.47 Å². The van der Waals surface area contributed by atoms with Gasteiger partial charge in [-0.1, -0.05) is 36.4 Å². The molecule has 1 fully saturated rings. The highest BCUT2D eigenvalue weighted by Crippen LogP contribution is 2.36. The maximum Gasteiger partial charge on any atom is 0.276 e. The van der Waals surface area contributed by atoms with Gasteiger partial charge in [0.05, 0.1) is 9.79 Å². The van der Waals surface area contributed by atoms with Crippen molar-refractivity contribution in [3.63, 3.8) is 0 Å². The Labute approximate surface area is 122 Å². The number of sulfonamides is 1. The molecule has 2 aromatic carbocycles. The molecular weight excluding hydrogens is 314 g/mol. The van der Waals surface area contributed by atoms with Crippen LogP contribution in [-0.2, 0) is 24.7 Å². The molecular formula is C13H11NO5S2. The van der Waals surface area contributed by atoms with Crippen LogP contribution in [0.3, 0.4) is 0 Å². The van der Waals surface area contributed by atoms with Gasteiger partial charge in [-0.3, -0.25) is 0 Å². The monoisotopic (exact) mass is 325 g/mol. The van der Waals surface area contributed by atoms with Crippen LogP contribution in [0.4, 0.5) is 0 Å². The van der Waals surface area contributed by atoms with Crippen LogP contribution in [0.1, 0.15) is 0 Å². The molecule has 0 radical (unpaired) electrons. The summed E-state index contributed by atoms with van der Waals surface area (Å²) in [7, 11) is -7.86. The van der Waals surface area contributed by atoms with Crippen LogP contribution in [0.15, 0.2) is 70.5 Å². The second-order valence-electron chi connectivity index (χ2n) is 4.34. The molecule has 0 N–H and O–H groups in total. The summed E-state index contributed by atoms with van der Waals surface area (Å²) in [4.78, 5) is 4.81. The fraction of sp³-hybridized carbons (Fsp3) is 0.0769. The first-order chi connectivity index (χ1) is 9.94. The van der Waals surface area contributed by atoms with Crippen LogP contribution in [0.25, 0.3) is 0 Å². The van der Waals surface area contributed by atoms with Gasteiger partial charge < -0.3 is 0 Å². The molecule has 2 unspecified atom stereocenters. The molecule has 3 rings (SSSR count). The van der Waals surface area contributed by atoms with Gasteiger partial charge >= 0.3 is 0 Å². The topological polar surface area (TPSA) is 83.8 Å². The zero-order chi connectivity index (χ0) is 15.1. The van der Waals surface area contributed by atoms with Crippen LogP contribution < -0.4 is 0 Å². The minimum Gasteiger partial charge on any atom is -0.241 e. The maximum atomic E-state index is 12.3. The van der Waals surface area contributed by atoms with Gasteiger partial charge in [0.15, 0.2) is 0 Å². The number of hydroxylamine groups is 1. The third-order valence-corrected chi connectivity index (χ3v) is 6.43. The summed E-state index contributed by atoms with van der Waals surface area (Å²) >= 11 is 0. The Morgan fingerprint density at radius 1 is 0.762 bits per heavy atom. The number of nitrogens with zero attached hydrogens (tertiary/aromatic N) is 1. The number of hydrogen-bond acceptors (Lipinski definition) is 5. The van der Waals surface area contributed by atoms with Crippen molar-refractivity contribution < 1.29 is 21.7 Å². The normalized spacial score (nSPS) is 21.9. The molecule has 6 nitrogen and oxygen atoms in total. The predicted molar refractivity (Wildman–Crippen MR) is 74.0 cm³/mol. The smallest absolute Gasteiger partial charge is 0.241 e. The fourth-order valence-corrected chi connectivity index (χ4v) is 4.89. The fourth-order valence-electron chi connectivity index (χ4n) is 1.82. The molecule has 21 heavy (non-hydrogen) atoms. The van der Waals surface area contributed by atoms with E-state index in [9.17, 15) is 16.8 Å². The molecule has 1 aliphatic rings. The van der Waals surface area contributed by atoms with Gasteiger partial charge in [0, 0.05) is 0 Å². The van der Waals surface area contributed by atoms with E-state index in [1.807, 2.05) is 0 Å². The Balaban J connectivity index is 1.91. The number of sulfone groups is 1. The van der Waals surface area contributed by atoms with Crippen molar-refractivity contribution in [3.05, 3.63) is 60.7 Å². The third-order valence-electron chi connectivity index (χ3n) is 2.94. The van der Waals surface area contributed by atoms with Gasteiger partial charge in [-0.25, -0.2) is 21.7 Å². The summed E-state index contributed by atoms with van der Waals surface area (Å²) in [6, 6.07) is 15.1. The van der Waals surface area contributed by atoms with E-state index in [4.69, 9.17) is 4.84 Å². The zero-order valence-corrected chi connectivity index (χ0v) is 12.3. The summed E-state index contributed by atoms with van der Waals surface area (Å²) in [5, 5.41) is 0. The Hall–Kier alpha value is -1.74. The summed E-state index contributed by atoms with van der Waals surface area (Å²) in [5.41, 5.74) is -1.51. The van der Waals surface area contributed by atoms with Gasteiger partial charge in [-0.15, -0.1) is 0 Å². The minimum atomic E-state index is -3.97. The number of benzene rings is 2. The Kier molecular flexibility index (Phi) is 3.33. The van der Waals surface area contributed by atoms with Crippen molar-refractivity contribution in [1.29, 1.82) is 0 Å². The molecule has 8 heteroatoms. The molecule has 0 spiro atoms. The van der Waals surface area contributed by atoms with E-state index in [0.717, 1.165) is 0 Å². The highest BCUT2D eigenvalue weighted by atomic mass is 32.2. The molecule has 0 aromatic heterocycles. The first-order valence-electron chi connectivity index (χ1n) is 5.99. The molecule has 0 bridgehead atoms.